The van der Waals surface area contributed by atoms with Crippen LogP contribution in [0.5, 0.6) is 0 Å². The molecule has 0 saturated heterocycles. The van der Waals surface area contributed by atoms with Crippen LogP contribution in [0.4, 0.5) is 0 Å². The van der Waals surface area contributed by atoms with Gasteiger partial charge in [-0.25, -0.2) is 0 Å². The minimum atomic E-state index is -1.11. The second-order valence-corrected chi connectivity index (χ2v) is 5.08. The Hall–Kier alpha value is -2.46. The number of hydrogen-bond acceptors (Lipinski definition) is 10. The first kappa shape index (κ1) is 41.8. The maximum atomic E-state index is 9.29. The third kappa shape index (κ3) is 115. The molecule has 0 saturated carbocycles. The number of carboxylic acids is 5. The Morgan fingerprint density at radius 1 is 0.567 bits per heavy atom. The highest BCUT2D eigenvalue weighted by Crippen LogP contribution is 2.11. The van der Waals surface area contributed by atoms with E-state index in [-0.39, 0.29) is 5.75 Å². The third-order valence-electron chi connectivity index (χ3n) is 1.48. The van der Waals surface area contributed by atoms with Crippen molar-refractivity contribution < 1.29 is 69.9 Å². The van der Waals surface area contributed by atoms with Gasteiger partial charge in [0.2, 0.25) is 0 Å². The average molecular weight is 468 g/mol. The molecular weight excluding hydrogens is 436 g/mol. The van der Waals surface area contributed by atoms with Gasteiger partial charge in [-0.3, -0.25) is 24.0 Å². The number of aliphatic carboxylic acids is 5. The van der Waals surface area contributed by atoms with E-state index in [0.29, 0.717) is 0 Å². The summed E-state index contributed by atoms with van der Waals surface area (Å²) in [5.41, 5.74) is -1.11. The molecule has 0 bridgehead atoms. The van der Waals surface area contributed by atoms with Crippen LogP contribution in [0, 0.1) is 5.41 Å². The lowest BCUT2D eigenvalue weighted by atomic mass is 9.93. The number of carboxylic acid groups (broad SMARTS) is 5. The molecule has 0 fully saturated rings. The predicted octanol–water partition coefficient (Wildman–Crippen LogP) is -1.69. The molecule has 0 heterocycles. The van der Waals surface area contributed by atoms with Gasteiger partial charge in [0.05, 0.1) is 37.6 Å². The summed E-state index contributed by atoms with van der Waals surface area (Å²) in [6.07, 6.45) is 0. The van der Waals surface area contributed by atoms with E-state index in [9.17, 15) is 4.79 Å². The van der Waals surface area contributed by atoms with E-state index in [1.807, 2.05) is 0 Å². The van der Waals surface area contributed by atoms with Crippen LogP contribution < -0.4 is 0 Å². The SMILES string of the molecule is CC(=O)O.CC(=O)O.CC(=O)O.CC(=O)O.O=C(O)CS.OCC(CO)(CO)CO. The van der Waals surface area contributed by atoms with Crippen LogP contribution in [0.2, 0.25) is 0 Å². The molecule has 0 atom stereocenters. The van der Waals surface area contributed by atoms with Gasteiger partial charge in [-0.05, 0) is 0 Å². The van der Waals surface area contributed by atoms with Crippen LogP contribution in [-0.2, 0) is 24.0 Å². The zero-order chi connectivity index (χ0) is 25.9. The van der Waals surface area contributed by atoms with E-state index >= 15 is 0 Å². The van der Waals surface area contributed by atoms with Crippen molar-refractivity contribution in [1.29, 1.82) is 0 Å². The van der Waals surface area contributed by atoms with Crippen molar-refractivity contribution in [3.8, 4) is 0 Å². The Balaban J connectivity index is -0.0000000601. The van der Waals surface area contributed by atoms with Gasteiger partial charge in [0, 0.05) is 27.7 Å². The van der Waals surface area contributed by atoms with Crippen molar-refractivity contribution in [3.05, 3.63) is 0 Å². The molecule has 182 valence electrons. The lowest BCUT2D eigenvalue weighted by molar-refractivity contribution is -0.135. The fourth-order valence-corrected chi connectivity index (χ4v) is 0.300. The third-order valence-corrected chi connectivity index (χ3v) is 1.75. The summed E-state index contributed by atoms with van der Waals surface area (Å²) in [6, 6.07) is 0. The minimum Gasteiger partial charge on any atom is -0.481 e. The number of rotatable bonds is 5. The highest BCUT2D eigenvalue weighted by molar-refractivity contribution is 7.81. The van der Waals surface area contributed by atoms with Crippen molar-refractivity contribution in [2.45, 2.75) is 27.7 Å². The molecule has 0 aromatic rings. The van der Waals surface area contributed by atoms with Crippen molar-refractivity contribution in [3.63, 3.8) is 0 Å². The molecule has 15 heteroatoms. The average Bonchev–Trinajstić information content (AvgIpc) is 2.56. The topological polar surface area (TPSA) is 267 Å². The predicted molar refractivity (Wildman–Crippen MR) is 106 cm³/mol. The van der Waals surface area contributed by atoms with Crippen LogP contribution in [0.3, 0.4) is 0 Å². The first-order valence-electron chi connectivity index (χ1n) is 7.49. The van der Waals surface area contributed by atoms with Crippen LogP contribution >= 0.6 is 12.6 Å². The molecule has 0 rings (SSSR count). The molecule has 14 nitrogen and oxygen atoms in total. The lowest BCUT2D eigenvalue weighted by Gasteiger charge is -2.23. The summed E-state index contributed by atoms with van der Waals surface area (Å²) in [7, 11) is 0. The smallest absolute Gasteiger partial charge is 0.313 e. The molecule has 0 unspecified atom stereocenters. The number of aliphatic hydroxyl groups is 4. The Morgan fingerprint density at radius 2 is 0.667 bits per heavy atom. The zero-order valence-electron chi connectivity index (χ0n) is 17.0. The summed E-state index contributed by atoms with van der Waals surface area (Å²) in [5.74, 6) is -4.30. The highest BCUT2D eigenvalue weighted by atomic mass is 32.1. The molecule has 0 aliphatic heterocycles. The number of carbonyl (C=O) groups is 5. The summed E-state index contributed by atoms with van der Waals surface area (Å²) < 4.78 is 0. The van der Waals surface area contributed by atoms with Gasteiger partial charge in [-0.2, -0.15) is 12.6 Å². The maximum absolute atomic E-state index is 9.29. The summed E-state index contributed by atoms with van der Waals surface area (Å²) in [6.45, 7) is 2.71. The van der Waals surface area contributed by atoms with Crippen LogP contribution in [0.15, 0.2) is 0 Å². The van der Waals surface area contributed by atoms with E-state index in [0.717, 1.165) is 27.7 Å². The standard InChI is InChI=1S/C5H12O4.C2H4O2S.4C2H4O2/c6-1-5(2-7,3-8)4-9;3-2(4)1-5;4*1-2(3)4/h6-9H,1-4H2;5H,1H2,(H,3,4);4*1H3,(H,3,4). The molecule has 0 spiro atoms. The molecule has 0 aromatic heterocycles. The highest BCUT2D eigenvalue weighted by Gasteiger charge is 2.26. The normalized spacial score (nSPS) is 8.17. The summed E-state index contributed by atoms with van der Waals surface area (Å²) in [4.78, 5) is 45.3. The van der Waals surface area contributed by atoms with E-state index in [4.69, 9.17) is 65.1 Å². The van der Waals surface area contributed by atoms with Crippen molar-refractivity contribution in [2.24, 2.45) is 5.41 Å². The Kier molecular flexibility index (Phi) is 43.5. The van der Waals surface area contributed by atoms with Gasteiger partial charge in [0.15, 0.2) is 0 Å². The Labute approximate surface area is 178 Å². The van der Waals surface area contributed by atoms with Gasteiger partial charge in [-0.15, -0.1) is 0 Å². The lowest BCUT2D eigenvalue weighted by Crippen LogP contribution is -2.37. The maximum Gasteiger partial charge on any atom is 0.313 e. The zero-order valence-corrected chi connectivity index (χ0v) is 17.9. The van der Waals surface area contributed by atoms with Crippen molar-refractivity contribution in [2.75, 3.05) is 32.2 Å². The first-order chi connectivity index (χ1) is 13.4. The fourth-order valence-electron chi connectivity index (χ4n) is 0.300. The van der Waals surface area contributed by atoms with Gasteiger partial charge < -0.3 is 46.0 Å². The van der Waals surface area contributed by atoms with E-state index in [1.165, 1.54) is 0 Å². The van der Waals surface area contributed by atoms with Crippen LogP contribution in [-0.4, -0.2) is 108 Å². The van der Waals surface area contributed by atoms with Crippen LogP contribution in [0.25, 0.3) is 0 Å². The van der Waals surface area contributed by atoms with E-state index < -0.39 is 61.7 Å². The number of aliphatic hydroxyl groups excluding tert-OH is 4. The van der Waals surface area contributed by atoms with Crippen LogP contribution in [0.1, 0.15) is 27.7 Å². The van der Waals surface area contributed by atoms with E-state index in [1.54, 1.807) is 0 Å². The largest absolute Gasteiger partial charge is 0.481 e. The minimum absolute atomic E-state index is 0.0833. The second-order valence-electron chi connectivity index (χ2n) is 4.76. The molecule has 30 heavy (non-hydrogen) atoms. The Morgan fingerprint density at radius 3 is 0.667 bits per heavy atom. The van der Waals surface area contributed by atoms with E-state index in [2.05, 4.69) is 12.6 Å². The van der Waals surface area contributed by atoms with Gasteiger partial charge >= 0.3 is 5.97 Å². The molecule has 0 amide bonds. The van der Waals surface area contributed by atoms with Crippen molar-refractivity contribution >= 4 is 42.5 Å². The van der Waals surface area contributed by atoms with Crippen molar-refractivity contribution in [1.82, 2.24) is 0 Å². The molecular formula is C15H32O14S. The Bertz CT molecular complexity index is 367. The molecule has 9 N–H and O–H groups in total. The number of thiol groups is 1. The molecule has 0 aromatic carbocycles. The summed E-state index contributed by atoms with van der Waals surface area (Å²) in [5, 5.41) is 71.3. The molecule has 0 radical (unpaired) electrons. The first-order valence-corrected chi connectivity index (χ1v) is 8.12. The molecule has 0 aliphatic rings. The second kappa shape index (κ2) is 31.2. The summed E-state index contributed by atoms with van der Waals surface area (Å²) >= 11 is 3.42. The van der Waals surface area contributed by atoms with Gasteiger partial charge in [-0.1, -0.05) is 0 Å². The number of hydrogen-bond donors (Lipinski definition) is 10. The monoisotopic (exact) mass is 468 g/mol. The van der Waals surface area contributed by atoms with Gasteiger partial charge in [0.25, 0.3) is 23.9 Å². The fraction of sp³-hybridized carbons (Fsp3) is 0.667. The quantitative estimate of drug-likeness (QED) is 0.202. The van der Waals surface area contributed by atoms with Gasteiger partial charge in [0.1, 0.15) is 0 Å². The molecule has 0 aliphatic carbocycles.